The highest BCUT2D eigenvalue weighted by atomic mass is 32.2. The average molecular weight is 336 g/mol. The minimum Gasteiger partial charge on any atom is -0.351 e. The third-order valence-corrected chi connectivity index (χ3v) is 5.89. The molecule has 0 bridgehead atoms. The van der Waals surface area contributed by atoms with Gasteiger partial charge in [-0.15, -0.1) is 11.3 Å². The van der Waals surface area contributed by atoms with Gasteiger partial charge in [0.25, 0.3) is 0 Å². The fraction of sp³-hybridized carbons (Fsp3) is 0.267. The van der Waals surface area contributed by atoms with E-state index in [2.05, 4.69) is 5.32 Å². The highest BCUT2D eigenvalue weighted by Crippen LogP contribution is 2.50. The summed E-state index contributed by atoms with van der Waals surface area (Å²) in [5.41, 5.74) is 0.483. The summed E-state index contributed by atoms with van der Waals surface area (Å²) in [5, 5.41) is 9.97. The monoisotopic (exact) mass is 336 g/mol. The zero-order valence-corrected chi connectivity index (χ0v) is 13.4. The van der Waals surface area contributed by atoms with Gasteiger partial charge in [0.05, 0.1) is 10.3 Å². The molecular weight excluding hydrogens is 320 g/mol. The Bertz CT molecular complexity index is 777. The highest BCUT2D eigenvalue weighted by molar-refractivity contribution is 7.89. The van der Waals surface area contributed by atoms with E-state index >= 15 is 0 Å². The minimum absolute atomic E-state index is 0.0328. The van der Waals surface area contributed by atoms with Crippen molar-refractivity contribution >= 4 is 27.3 Å². The van der Waals surface area contributed by atoms with Crippen LogP contribution < -0.4 is 10.5 Å². The predicted octanol–water partition coefficient (Wildman–Crippen LogP) is 1.74. The Morgan fingerprint density at radius 1 is 1.23 bits per heavy atom. The summed E-state index contributed by atoms with van der Waals surface area (Å²) in [7, 11) is -3.68. The predicted molar refractivity (Wildman–Crippen MR) is 84.9 cm³/mol. The van der Waals surface area contributed by atoms with E-state index in [0.29, 0.717) is 6.54 Å². The molecule has 7 heteroatoms. The number of primary sulfonamides is 1. The van der Waals surface area contributed by atoms with E-state index in [1.54, 1.807) is 23.5 Å². The van der Waals surface area contributed by atoms with Crippen molar-refractivity contribution in [2.24, 2.45) is 5.14 Å². The lowest BCUT2D eigenvalue weighted by Crippen LogP contribution is -2.33. The van der Waals surface area contributed by atoms with E-state index in [9.17, 15) is 13.2 Å². The van der Waals surface area contributed by atoms with Crippen LogP contribution in [-0.2, 0) is 26.8 Å². The molecule has 1 fully saturated rings. The van der Waals surface area contributed by atoms with Gasteiger partial charge in [-0.25, -0.2) is 13.6 Å². The number of hydrogen-bond donors (Lipinski definition) is 2. The van der Waals surface area contributed by atoms with Crippen molar-refractivity contribution in [2.75, 3.05) is 0 Å². The van der Waals surface area contributed by atoms with Gasteiger partial charge in [0.15, 0.2) is 0 Å². The van der Waals surface area contributed by atoms with Crippen molar-refractivity contribution < 1.29 is 13.2 Å². The van der Waals surface area contributed by atoms with Crippen molar-refractivity contribution in [1.82, 2.24) is 5.32 Å². The van der Waals surface area contributed by atoms with Gasteiger partial charge in [0, 0.05) is 11.4 Å². The zero-order chi connectivity index (χ0) is 15.8. The molecule has 1 saturated carbocycles. The van der Waals surface area contributed by atoms with E-state index in [-0.39, 0.29) is 16.2 Å². The lowest BCUT2D eigenvalue weighted by Gasteiger charge is -2.13. The number of nitrogens with one attached hydrogen (secondary N) is 1. The van der Waals surface area contributed by atoms with Crippen LogP contribution in [0.2, 0.25) is 0 Å². The Morgan fingerprint density at radius 2 is 1.91 bits per heavy atom. The Kier molecular flexibility index (Phi) is 3.80. The number of benzene rings is 1. The lowest BCUT2D eigenvalue weighted by molar-refractivity contribution is -0.123. The second-order valence-corrected chi connectivity index (χ2v) is 7.94. The van der Waals surface area contributed by atoms with E-state index < -0.39 is 10.0 Å². The van der Waals surface area contributed by atoms with Gasteiger partial charge in [-0.05, 0) is 42.0 Å². The highest BCUT2D eigenvalue weighted by Gasteiger charge is 2.51. The zero-order valence-electron chi connectivity index (χ0n) is 11.8. The van der Waals surface area contributed by atoms with Crippen LogP contribution in [0.4, 0.5) is 0 Å². The third-order valence-electron chi connectivity index (χ3n) is 3.88. The summed E-state index contributed by atoms with van der Waals surface area (Å²) in [6.07, 6.45) is 1.76. The summed E-state index contributed by atoms with van der Waals surface area (Å²) < 4.78 is 22.4. The van der Waals surface area contributed by atoms with Gasteiger partial charge in [-0.3, -0.25) is 4.79 Å². The van der Waals surface area contributed by atoms with Crippen molar-refractivity contribution in [3.05, 3.63) is 52.2 Å². The summed E-state index contributed by atoms with van der Waals surface area (Å²) in [5.74, 6) is 0.0328. The molecule has 1 aromatic heterocycles. The first-order valence-corrected chi connectivity index (χ1v) is 9.28. The second kappa shape index (κ2) is 5.49. The summed E-state index contributed by atoms with van der Waals surface area (Å²) in [6, 6.07) is 10.2. The van der Waals surface area contributed by atoms with Crippen LogP contribution in [0.3, 0.4) is 0 Å². The van der Waals surface area contributed by atoms with Crippen molar-refractivity contribution in [3.8, 4) is 0 Å². The van der Waals surface area contributed by atoms with Crippen molar-refractivity contribution in [2.45, 2.75) is 29.7 Å². The van der Waals surface area contributed by atoms with Crippen LogP contribution in [0.15, 0.2) is 46.7 Å². The van der Waals surface area contributed by atoms with Crippen LogP contribution in [0, 0.1) is 0 Å². The normalized spacial score (nSPS) is 16.2. The van der Waals surface area contributed by atoms with Crippen LogP contribution in [-0.4, -0.2) is 14.3 Å². The van der Waals surface area contributed by atoms with Gasteiger partial charge in [-0.1, -0.05) is 18.2 Å². The van der Waals surface area contributed by atoms with E-state index in [1.165, 1.54) is 12.1 Å². The number of carbonyl (C=O) groups is 1. The van der Waals surface area contributed by atoms with Crippen LogP contribution >= 0.6 is 11.3 Å². The van der Waals surface area contributed by atoms with Gasteiger partial charge < -0.3 is 5.32 Å². The maximum absolute atomic E-state index is 12.4. The van der Waals surface area contributed by atoms with Gasteiger partial charge >= 0.3 is 0 Å². The van der Waals surface area contributed by atoms with Crippen LogP contribution in [0.25, 0.3) is 0 Å². The van der Waals surface area contributed by atoms with Crippen LogP contribution in [0.5, 0.6) is 0 Å². The Morgan fingerprint density at radius 3 is 2.41 bits per heavy atom. The summed E-state index contributed by atoms with van der Waals surface area (Å²) in [6.45, 7) is 0.372. The molecule has 0 atom stereocenters. The maximum Gasteiger partial charge on any atom is 0.238 e. The van der Waals surface area contributed by atoms with E-state index in [4.69, 9.17) is 5.14 Å². The molecule has 0 spiro atoms. The van der Waals surface area contributed by atoms with Crippen molar-refractivity contribution in [3.63, 3.8) is 0 Å². The Labute approximate surface area is 133 Å². The number of rotatable bonds is 5. The Hall–Kier alpha value is -1.70. The molecule has 1 aromatic carbocycles. The molecule has 3 N–H and O–H groups in total. The standard InChI is InChI=1S/C15H16N2O3S2/c16-22(19,20)12-5-3-11(4-6-12)10-17-14(18)15(7-8-15)13-2-1-9-21-13/h1-6,9H,7-8,10H2,(H,17,18)(H2,16,19,20). The number of amides is 1. The van der Waals surface area contributed by atoms with E-state index in [0.717, 1.165) is 23.3 Å². The minimum atomic E-state index is -3.68. The number of carbonyl (C=O) groups excluding carboxylic acids is 1. The maximum atomic E-state index is 12.4. The number of nitrogens with two attached hydrogens (primary N) is 1. The molecule has 2 aromatic rings. The van der Waals surface area contributed by atoms with Gasteiger partial charge in [0.2, 0.25) is 15.9 Å². The molecule has 1 heterocycles. The molecule has 0 unspecified atom stereocenters. The fourth-order valence-corrected chi connectivity index (χ4v) is 3.91. The van der Waals surface area contributed by atoms with E-state index in [1.807, 2.05) is 17.5 Å². The smallest absolute Gasteiger partial charge is 0.238 e. The Balaban J connectivity index is 1.65. The first-order valence-electron chi connectivity index (χ1n) is 6.86. The first-order chi connectivity index (χ1) is 10.4. The molecule has 1 aliphatic carbocycles. The molecule has 0 radical (unpaired) electrons. The number of hydrogen-bond acceptors (Lipinski definition) is 4. The molecular formula is C15H16N2O3S2. The molecule has 1 aliphatic rings. The van der Waals surface area contributed by atoms with Crippen molar-refractivity contribution in [1.29, 1.82) is 0 Å². The molecule has 1 amide bonds. The second-order valence-electron chi connectivity index (χ2n) is 5.43. The van der Waals surface area contributed by atoms with Gasteiger partial charge in [-0.2, -0.15) is 0 Å². The molecule has 3 rings (SSSR count). The number of thiophene rings is 1. The van der Waals surface area contributed by atoms with Crippen LogP contribution in [0.1, 0.15) is 23.3 Å². The third kappa shape index (κ3) is 2.92. The molecule has 0 saturated heterocycles. The molecule has 22 heavy (non-hydrogen) atoms. The first kappa shape index (κ1) is 15.2. The summed E-state index contributed by atoms with van der Waals surface area (Å²) >= 11 is 1.61. The number of sulfonamides is 1. The van der Waals surface area contributed by atoms with Gasteiger partial charge in [0.1, 0.15) is 0 Å². The lowest BCUT2D eigenvalue weighted by atomic mass is 10.0. The molecule has 0 aliphatic heterocycles. The fourth-order valence-electron chi connectivity index (χ4n) is 2.41. The average Bonchev–Trinajstić information content (AvgIpc) is 3.11. The SMILES string of the molecule is NS(=O)(=O)c1ccc(CNC(=O)C2(c3cccs3)CC2)cc1. The summed E-state index contributed by atoms with van der Waals surface area (Å²) in [4.78, 5) is 13.6. The topological polar surface area (TPSA) is 89.3 Å². The molecule has 5 nitrogen and oxygen atoms in total. The quantitative estimate of drug-likeness (QED) is 0.871. The molecule has 116 valence electrons. The largest absolute Gasteiger partial charge is 0.351 e.